The normalized spacial score (nSPS) is 13.2. The number of nitrogens with zero attached hydrogens (tertiary/aromatic N) is 4. The zero-order chi connectivity index (χ0) is 22.1. The average Bonchev–Trinajstić information content (AvgIpc) is 2.83. The Morgan fingerprint density at radius 2 is 1.81 bits per heavy atom. The largest absolute Gasteiger partial charge is 0.463 e. The van der Waals surface area contributed by atoms with Crippen molar-refractivity contribution in [1.82, 2.24) is 15.0 Å². The van der Waals surface area contributed by atoms with Crippen LogP contribution in [0.15, 0.2) is 48.8 Å². The molecule has 164 valence electrons. The molecular weight excluding hydrogens is 404 g/mol. The molecule has 1 aliphatic rings. The number of aromatic nitrogens is 3. The van der Waals surface area contributed by atoms with Crippen LogP contribution in [0.4, 0.5) is 26.2 Å². The molecule has 0 aliphatic carbocycles. The molecule has 3 heterocycles. The van der Waals surface area contributed by atoms with Crippen LogP contribution in [0, 0.1) is 5.95 Å². The molecule has 7 nitrogen and oxygen atoms in total. The molecule has 1 aliphatic heterocycles. The summed E-state index contributed by atoms with van der Waals surface area (Å²) in [6, 6.07) is 10.1. The van der Waals surface area contributed by atoms with Gasteiger partial charge in [0.15, 0.2) is 0 Å². The Balaban J connectivity index is 0.00000132. The molecule has 1 saturated heterocycles. The van der Waals surface area contributed by atoms with Crippen molar-refractivity contribution in [3.8, 4) is 16.9 Å². The number of morpholine rings is 1. The Morgan fingerprint density at radius 3 is 2.52 bits per heavy atom. The van der Waals surface area contributed by atoms with Crippen molar-refractivity contribution in [2.45, 2.75) is 13.8 Å². The van der Waals surface area contributed by atoms with Gasteiger partial charge in [0.05, 0.1) is 18.9 Å². The molecule has 3 aromatic rings. The van der Waals surface area contributed by atoms with E-state index in [1.165, 1.54) is 6.20 Å². The van der Waals surface area contributed by atoms with E-state index in [1.807, 2.05) is 18.7 Å². The van der Waals surface area contributed by atoms with Gasteiger partial charge in [0.2, 0.25) is 18.8 Å². The highest BCUT2D eigenvalue weighted by molar-refractivity contribution is 5.69. The van der Waals surface area contributed by atoms with Gasteiger partial charge in [-0.25, -0.2) is 14.4 Å². The molecule has 2 aromatic heterocycles. The molecule has 4 rings (SSSR count). The second kappa shape index (κ2) is 11.2. The van der Waals surface area contributed by atoms with Gasteiger partial charge in [-0.1, -0.05) is 26.0 Å². The molecule has 0 unspecified atom stereocenters. The molecule has 0 amide bonds. The number of alkyl halides is 1. The van der Waals surface area contributed by atoms with Crippen LogP contribution in [-0.2, 0) is 4.74 Å². The lowest BCUT2D eigenvalue weighted by Crippen LogP contribution is -2.37. The van der Waals surface area contributed by atoms with Gasteiger partial charge < -0.3 is 19.7 Å². The maximum Gasteiger partial charge on any atom is 0.236 e. The van der Waals surface area contributed by atoms with Crippen LogP contribution in [-0.4, -0.2) is 48.1 Å². The van der Waals surface area contributed by atoms with E-state index in [9.17, 15) is 8.78 Å². The Morgan fingerprint density at radius 1 is 1.06 bits per heavy atom. The number of rotatable bonds is 6. The van der Waals surface area contributed by atoms with Gasteiger partial charge in [0.1, 0.15) is 11.6 Å². The first-order chi connectivity index (χ1) is 15.2. The molecule has 0 atom stereocenters. The SMILES string of the molecule is CC.FCOc1ccc(-c2cnc(F)c(Nc3ccnc(N4CCOCC4)n3)c2)cc1. The van der Waals surface area contributed by atoms with Crippen molar-refractivity contribution in [2.24, 2.45) is 0 Å². The lowest BCUT2D eigenvalue weighted by molar-refractivity contribution is 0.122. The fourth-order valence-electron chi connectivity index (χ4n) is 2.97. The summed E-state index contributed by atoms with van der Waals surface area (Å²) in [6.07, 6.45) is 3.06. The van der Waals surface area contributed by atoms with Crippen molar-refractivity contribution in [2.75, 3.05) is 43.4 Å². The molecule has 0 bridgehead atoms. The predicted molar refractivity (Wildman–Crippen MR) is 116 cm³/mol. The third-order valence-electron chi connectivity index (χ3n) is 4.45. The Bertz CT molecular complexity index is 966. The maximum absolute atomic E-state index is 14.3. The van der Waals surface area contributed by atoms with Crippen LogP contribution in [0.2, 0.25) is 0 Å². The van der Waals surface area contributed by atoms with E-state index in [2.05, 4.69) is 20.3 Å². The summed E-state index contributed by atoms with van der Waals surface area (Å²) < 4.78 is 36.7. The fourth-order valence-corrected chi connectivity index (χ4v) is 2.97. The Labute approximate surface area is 180 Å². The van der Waals surface area contributed by atoms with Crippen LogP contribution in [0.1, 0.15) is 13.8 Å². The first-order valence-electron chi connectivity index (χ1n) is 10.1. The zero-order valence-corrected chi connectivity index (χ0v) is 17.5. The van der Waals surface area contributed by atoms with Crippen molar-refractivity contribution in [3.05, 3.63) is 54.7 Å². The summed E-state index contributed by atoms with van der Waals surface area (Å²) in [5.74, 6) is 0.802. The van der Waals surface area contributed by atoms with E-state index in [1.54, 1.807) is 42.6 Å². The Hall–Kier alpha value is -3.33. The van der Waals surface area contributed by atoms with Crippen LogP contribution in [0.3, 0.4) is 0 Å². The Kier molecular flexibility index (Phi) is 8.05. The van der Waals surface area contributed by atoms with E-state index in [-0.39, 0.29) is 5.69 Å². The number of halogens is 2. The van der Waals surface area contributed by atoms with Crippen LogP contribution < -0.4 is 15.0 Å². The third kappa shape index (κ3) is 5.85. The lowest BCUT2D eigenvalue weighted by Gasteiger charge is -2.26. The summed E-state index contributed by atoms with van der Waals surface area (Å²) in [7, 11) is 0. The smallest absolute Gasteiger partial charge is 0.236 e. The monoisotopic (exact) mass is 429 g/mol. The van der Waals surface area contributed by atoms with E-state index in [0.717, 1.165) is 5.56 Å². The average molecular weight is 429 g/mol. The van der Waals surface area contributed by atoms with Gasteiger partial charge in [-0.15, -0.1) is 0 Å². The van der Waals surface area contributed by atoms with E-state index >= 15 is 0 Å². The van der Waals surface area contributed by atoms with Gasteiger partial charge >= 0.3 is 0 Å². The number of benzene rings is 1. The summed E-state index contributed by atoms with van der Waals surface area (Å²) in [6.45, 7) is 5.76. The predicted octanol–water partition coefficient (Wildman–Crippen LogP) is 4.59. The highest BCUT2D eigenvalue weighted by Crippen LogP contribution is 2.27. The molecule has 9 heteroatoms. The van der Waals surface area contributed by atoms with E-state index in [4.69, 9.17) is 9.47 Å². The van der Waals surface area contributed by atoms with Gasteiger partial charge in [-0.05, 0) is 29.8 Å². The van der Waals surface area contributed by atoms with Gasteiger partial charge in [0.25, 0.3) is 0 Å². The minimum absolute atomic E-state index is 0.193. The highest BCUT2D eigenvalue weighted by atomic mass is 19.1. The number of anilines is 3. The number of hydrogen-bond donors (Lipinski definition) is 1. The molecule has 1 N–H and O–H groups in total. The fraction of sp³-hybridized carbons (Fsp3) is 0.318. The van der Waals surface area contributed by atoms with Gasteiger partial charge in [-0.2, -0.15) is 9.37 Å². The van der Waals surface area contributed by atoms with Crippen molar-refractivity contribution >= 4 is 17.5 Å². The lowest BCUT2D eigenvalue weighted by atomic mass is 10.1. The molecule has 0 radical (unpaired) electrons. The first kappa shape index (κ1) is 22.4. The number of nitrogens with one attached hydrogen (secondary N) is 1. The van der Waals surface area contributed by atoms with Crippen LogP contribution >= 0.6 is 0 Å². The zero-order valence-electron chi connectivity index (χ0n) is 17.5. The quantitative estimate of drug-likeness (QED) is 0.575. The summed E-state index contributed by atoms with van der Waals surface area (Å²) in [4.78, 5) is 14.6. The van der Waals surface area contributed by atoms with Crippen LogP contribution in [0.5, 0.6) is 5.75 Å². The van der Waals surface area contributed by atoms with E-state index in [0.29, 0.717) is 49.4 Å². The second-order valence-corrected chi connectivity index (χ2v) is 6.31. The van der Waals surface area contributed by atoms with Crippen molar-refractivity contribution < 1.29 is 18.3 Å². The minimum Gasteiger partial charge on any atom is -0.463 e. The second-order valence-electron chi connectivity index (χ2n) is 6.31. The standard InChI is InChI=1S/C20H19F2N5O2.C2H6/c21-13-29-16-3-1-14(2-4-16)15-11-17(19(22)24-12-15)25-18-5-6-23-20(26-18)27-7-9-28-10-8-27;1-2/h1-6,11-12H,7-10,13H2,(H,23,25,26);1-2H3. The molecular formula is C22H25F2N5O2. The summed E-state index contributed by atoms with van der Waals surface area (Å²) in [5, 5.41) is 2.97. The van der Waals surface area contributed by atoms with E-state index < -0.39 is 12.8 Å². The van der Waals surface area contributed by atoms with Crippen LogP contribution in [0.25, 0.3) is 11.1 Å². The number of ether oxygens (including phenoxy) is 2. The van der Waals surface area contributed by atoms with Crippen molar-refractivity contribution in [3.63, 3.8) is 0 Å². The topological polar surface area (TPSA) is 72.4 Å². The molecule has 0 spiro atoms. The molecule has 0 saturated carbocycles. The minimum atomic E-state index is -0.892. The highest BCUT2D eigenvalue weighted by Gasteiger charge is 2.15. The number of hydrogen-bond acceptors (Lipinski definition) is 7. The third-order valence-corrected chi connectivity index (χ3v) is 4.45. The first-order valence-corrected chi connectivity index (χ1v) is 10.1. The van der Waals surface area contributed by atoms with Gasteiger partial charge in [-0.3, -0.25) is 0 Å². The molecule has 1 aromatic carbocycles. The molecule has 1 fully saturated rings. The maximum atomic E-state index is 14.3. The summed E-state index contributed by atoms with van der Waals surface area (Å²) in [5.41, 5.74) is 1.69. The summed E-state index contributed by atoms with van der Waals surface area (Å²) >= 11 is 0. The molecule has 31 heavy (non-hydrogen) atoms. The number of pyridine rings is 1. The van der Waals surface area contributed by atoms with Crippen molar-refractivity contribution in [1.29, 1.82) is 0 Å². The van der Waals surface area contributed by atoms with Gasteiger partial charge in [0, 0.05) is 31.0 Å².